The van der Waals surface area contributed by atoms with Gasteiger partial charge in [-0.15, -0.1) is 0 Å². The largest absolute Gasteiger partial charge is 0.465 e. The first-order chi connectivity index (χ1) is 19.2. The third-order valence-electron chi connectivity index (χ3n) is 7.00. The van der Waals surface area contributed by atoms with Gasteiger partial charge >= 0.3 is 5.97 Å². The predicted octanol–water partition coefficient (Wildman–Crippen LogP) is 8.02. The van der Waals surface area contributed by atoms with Crippen LogP contribution in [0.15, 0.2) is 140 Å². The molecule has 0 saturated carbocycles. The van der Waals surface area contributed by atoms with Crippen LogP contribution < -0.4 is 15.9 Å². The van der Waals surface area contributed by atoms with Crippen LogP contribution in [0.1, 0.15) is 21.7 Å². The molecule has 6 aromatic carbocycles. The molecule has 6 rings (SSSR count). The Hall–Kier alpha value is -4.46. The SMILES string of the molecule is COC(=O)c1ccccc1C(Nc1ccc2cc3ccccc3cc2c1)P(c1ccccc1)c1ccccc1. The second kappa shape index (κ2) is 11.1. The highest BCUT2D eigenvalue weighted by atomic mass is 31.1. The molecule has 3 nitrogen and oxygen atoms in total. The van der Waals surface area contributed by atoms with Crippen LogP contribution >= 0.6 is 7.92 Å². The second-order valence-electron chi connectivity index (χ2n) is 9.43. The van der Waals surface area contributed by atoms with E-state index < -0.39 is 7.92 Å². The lowest BCUT2D eigenvalue weighted by molar-refractivity contribution is 0.0599. The van der Waals surface area contributed by atoms with Crippen molar-refractivity contribution in [3.8, 4) is 0 Å². The van der Waals surface area contributed by atoms with Gasteiger partial charge in [0.25, 0.3) is 0 Å². The minimum Gasteiger partial charge on any atom is -0.465 e. The molecule has 0 spiro atoms. The van der Waals surface area contributed by atoms with Gasteiger partial charge in [-0.3, -0.25) is 0 Å². The quantitative estimate of drug-likeness (QED) is 0.130. The van der Waals surface area contributed by atoms with Gasteiger partial charge in [0.05, 0.1) is 18.5 Å². The number of methoxy groups -OCH3 is 1. The zero-order valence-corrected chi connectivity index (χ0v) is 22.5. The Balaban J connectivity index is 1.53. The molecule has 0 radical (unpaired) electrons. The van der Waals surface area contributed by atoms with Crippen molar-refractivity contribution >= 4 is 51.7 Å². The first-order valence-electron chi connectivity index (χ1n) is 13.0. The van der Waals surface area contributed by atoms with Crippen LogP contribution in [-0.4, -0.2) is 13.1 Å². The molecule has 0 saturated heterocycles. The van der Waals surface area contributed by atoms with Crippen molar-refractivity contribution < 1.29 is 9.53 Å². The van der Waals surface area contributed by atoms with E-state index in [0.29, 0.717) is 5.56 Å². The maximum Gasteiger partial charge on any atom is 0.338 e. The number of carbonyl (C=O) groups excluding carboxylic acids is 1. The average Bonchev–Trinajstić information content (AvgIpc) is 3.00. The molecule has 190 valence electrons. The summed E-state index contributed by atoms with van der Waals surface area (Å²) in [4.78, 5) is 12.9. The minimum absolute atomic E-state index is 0.182. The van der Waals surface area contributed by atoms with Gasteiger partial charge in [-0.1, -0.05) is 109 Å². The van der Waals surface area contributed by atoms with Crippen molar-refractivity contribution in [2.24, 2.45) is 0 Å². The number of fused-ring (bicyclic) bond motifs is 2. The van der Waals surface area contributed by atoms with Crippen LogP contribution in [0.2, 0.25) is 0 Å². The fourth-order valence-electron chi connectivity index (χ4n) is 5.12. The molecular formula is C35H28NO2P. The first-order valence-corrected chi connectivity index (χ1v) is 14.4. The van der Waals surface area contributed by atoms with E-state index in [2.05, 4.69) is 108 Å². The zero-order chi connectivity index (χ0) is 26.6. The number of anilines is 1. The summed E-state index contributed by atoms with van der Waals surface area (Å²) >= 11 is 0. The highest BCUT2D eigenvalue weighted by molar-refractivity contribution is 7.73. The number of hydrogen-bond acceptors (Lipinski definition) is 3. The number of rotatable bonds is 7. The molecule has 4 heteroatoms. The van der Waals surface area contributed by atoms with Crippen molar-refractivity contribution in [2.75, 3.05) is 12.4 Å². The van der Waals surface area contributed by atoms with E-state index in [0.717, 1.165) is 11.3 Å². The molecule has 1 unspecified atom stereocenters. The smallest absolute Gasteiger partial charge is 0.338 e. The van der Waals surface area contributed by atoms with Crippen LogP contribution in [-0.2, 0) is 4.74 Å². The molecule has 0 aromatic heterocycles. The zero-order valence-electron chi connectivity index (χ0n) is 21.6. The lowest BCUT2D eigenvalue weighted by Gasteiger charge is -2.32. The highest BCUT2D eigenvalue weighted by Crippen LogP contribution is 2.50. The fourth-order valence-corrected chi connectivity index (χ4v) is 7.79. The summed E-state index contributed by atoms with van der Waals surface area (Å²) in [5.74, 6) is -0.517. The van der Waals surface area contributed by atoms with Crippen molar-refractivity contribution in [1.82, 2.24) is 0 Å². The average molecular weight is 526 g/mol. The molecule has 1 atom stereocenters. The maximum absolute atomic E-state index is 12.9. The monoisotopic (exact) mass is 525 g/mol. The van der Waals surface area contributed by atoms with E-state index >= 15 is 0 Å². The van der Waals surface area contributed by atoms with Crippen molar-refractivity contribution in [1.29, 1.82) is 0 Å². The van der Waals surface area contributed by atoms with Gasteiger partial charge in [0, 0.05) is 5.69 Å². The van der Waals surface area contributed by atoms with Crippen molar-refractivity contribution in [3.05, 3.63) is 151 Å². The Bertz CT molecular complexity index is 1710. The first kappa shape index (κ1) is 24.9. The molecule has 1 N–H and O–H groups in total. The number of ether oxygens (including phenoxy) is 1. The third kappa shape index (κ3) is 5.14. The van der Waals surface area contributed by atoms with E-state index in [1.807, 2.05) is 36.4 Å². The third-order valence-corrected chi connectivity index (χ3v) is 9.63. The highest BCUT2D eigenvalue weighted by Gasteiger charge is 2.30. The standard InChI is InChI=1S/C35H28NO2P/c1-38-35(37)33-19-11-10-18-32(33)34(39(30-14-4-2-5-15-30)31-16-6-3-7-17-31)36-29-21-20-27-22-25-12-8-9-13-26(25)23-28(27)24-29/h2-24,34,36H,1H3. The van der Waals surface area contributed by atoms with E-state index in [1.54, 1.807) is 0 Å². The minimum atomic E-state index is -0.951. The van der Waals surface area contributed by atoms with Gasteiger partial charge in [-0.25, -0.2) is 4.79 Å². The molecule has 0 aliphatic rings. The van der Waals surface area contributed by atoms with E-state index in [1.165, 1.54) is 39.3 Å². The lowest BCUT2D eigenvalue weighted by atomic mass is 10.0. The Kier molecular flexibility index (Phi) is 7.08. The summed E-state index contributed by atoms with van der Waals surface area (Å²) in [6, 6.07) is 48.3. The maximum atomic E-state index is 12.9. The van der Waals surface area contributed by atoms with E-state index in [4.69, 9.17) is 4.74 Å². The van der Waals surface area contributed by atoms with Gasteiger partial charge in [-0.05, 0) is 76.0 Å². The lowest BCUT2D eigenvalue weighted by Crippen LogP contribution is -2.24. The number of hydrogen-bond donors (Lipinski definition) is 1. The van der Waals surface area contributed by atoms with Gasteiger partial charge in [0.15, 0.2) is 0 Å². The molecule has 0 bridgehead atoms. The van der Waals surface area contributed by atoms with Gasteiger partial charge in [-0.2, -0.15) is 0 Å². The second-order valence-corrected chi connectivity index (χ2v) is 11.7. The number of esters is 1. The van der Waals surface area contributed by atoms with E-state index in [-0.39, 0.29) is 11.8 Å². The van der Waals surface area contributed by atoms with Gasteiger partial charge in [0.2, 0.25) is 0 Å². The number of nitrogens with one attached hydrogen (secondary N) is 1. The molecule has 0 heterocycles. The Morgan fingerprint density at radius 2 is 1.15 bits per heavy atom. The van der Waals surface area contributed by atoms with Gasteiger partial charge in [0.1, 0.15) is 0 Å². The number of carbonyl (C=O) groups is 1. The predicted molar refractivity (Wildman–Crippen MR) is 165 cm³/mol. The van der Waals surface area contributed by atoms with Crippen molar-refractivity contribution in [3.63, 3.8) is 0 Å². The molecule has 0 amide bonds. The number of benzene rings is 6. The summed E-state index contributed by atoms with van der Waals surface area (Å²) in [7, 11) is 0.486. The van der Waals surface area contributed by atoms with Gasteiger partial charge < -0.3 is 10.1 Å². The molecular weight excluding hydrogens is 497 g/mol. The van der Waals surface area contributed by atoms with Crippen LogP contribution in [0.5, 0.6) is 0 Å². The molecule has 0 aliphatic carbocycles. The van der Waals surface area contributed by atoms with Crippen molar-refractivity contribution in [2.45, 2.75) is 5.78 Å². The van der Waals surface area contributed by atoms with Crippen LogP contribution in [0.25, 0.3) is 21.5 Å². The molecule has 6 aromatic rings. The Morgan fingerprint density at radius 1 is 0.615 bits per heavy atom. The van der Waals surface area contributed by atoms with Crippen LogP contribution in [0.4, 0.5) is 5.69 Å². The molecule has 39 heavy (non-hydrogen) atoms. The van der Waals surface area contributed by atoms with Crippen LogP contribution in [0.3, 0.4) is 0 Å². The molecule has 0 fully saturated rings. The fraction of sp³-hybridized carbons (Fsp3) is 0.0571. The topological polar surface area (TPSA) is 38.3 Å². The summed E-state index contributed by atoms with van der Waals surface area (Å²) in [5.41, 5.74) is 2.49. The summed E-state index contributed by atoms with van der Waals surface area (Å²) in [6.45, 7) is 0. The van der Waals surface area contributed by atoms with E-state index in [9.17, 15) is 4.79 Å². The Morgan fingerprint density at radius 3 is 1.79 bits per heavy atom. The summed E-state index contributed by atoms with van der Waals surface area (Å²) < 4.78 is 5.21. The summed E-state index contributed by atoms with van der Waals surface area (Å²) in [6.07, 6.45) is 0. The van der Waals surface area contributed by atoms with Crippen LogP contribution in [0, 0.1) is 0 Å². The normalized spacial score (nSPS) is 11.9. The molecule has 0 aliphatic heterocycles. The Labute approximate surface area is 229 Å². The summed E-state index contributed by atoms with van der Waals surface area (Å²) in [5, 5.41) is 11.1.